The van der Waals surface area contributed by atoms with Crippen LogP contribution in [0.2, 0.25) is 0 Å². The van der Waals surface area contributed by atoms with Gasteiger partial charge in [-0.1, -0.05) is 24.1 Å². The van der Waals surface area contributed by atoms with Gasteiger partial charge in [0.15, 0.2) is 0 Å². The maximum atomic E-state index is 13.0. The minimum absolute atomic E-state index is 0.142. The molecule has 5 nitrogen and oxygen atoms in total. The van der Waals surface area contributed by atoms with Gasteiger partial charge in [-0.05, 0) is 43.7 Å². The van der Waals surface area contributed by atoms with Gasteiger partial charge < -0.3 is 4.74 Å². The molecule has 1 saturated carbocycles. The fourth-order valence-corrected chi connectivity index (χ4v) is 5.73. The number of rotatable bonds is 4. The summed E-state index contributed by atoms with van der Waals surface area (Å²) in [6.07, 6.45) is 3.29. The topological polar surface area (TPSA) is 63.7 Å². The molecule has 2 aliphatic rings. The van der Waals surface area contributed by atoms with Crippen LogP contribution in [0.4, 0.5) is 0 Å². The van der Waals surface area contributed by atoms with E-state index in [9.17, 15) is 13.2 Å². The third kappa shape index (κ3) is 3.02. The Kier molecular flexibility index (Phi) is 4.47. The third-order valence-corrected chi connectivity index (χ3v) is 7.13. The summed E-state index contributed by atoms with van der Waals surface area (Å²) in [6.45, 7) is 2.44. The molecule has 3 atom stereocenters. The Hall–Kier alpha value is -1.40. The number of aryl methyl sites for hydroxylation is 1. The molecule has 0 bridgehead atoms. The average Bonchev–Trinajstić information content (AvgIpc) is 3.10. The van der Waals surface area contributed by atoms with Crippen LogP contribution < -0.4 is 0 Å². The second-order valence-corrected chi connectivity index (χ2v) is 8.48. The van der Waals surface area contributed by atoms with Gasteiger partial charge in [-0.25, -0.2) is 8.42 Å². The molecule has 1 aromatic rings. The molecule has 1 saturated heterocycles. The lowest BCUT2D eigenvalue weighted by Crippen LogP contribution is -2.39. The summed E-state index contributed by atoms with van der Waals surface area (Å²) in [6, 6.07) is 6.63. The molecular weight excluding hydrogens is 314 g/mol. The van der Waals surface area contributed by atoms with Crippen LogP contribution in [0.15, 0.2) is 29.2 Å². The fraction of sp³-hybridized carbons (Fsp3) is 0.588. The molecule has 0 spiro atoms. The zero-order valence-corrected chi connectivity index (χ0v) is 14.4. The summed E-state index contributed by atoms with van der Waals surface area (Å²) in [5, 5.41) is 0. The van der Waals surface area contributed by atoms with E-state index >= 15 is 0 Å². The van der Waals surface area contributed by atoms with E-state index in [2.05, 4.69) is 0 Å². The van der Waals surface area contributed by atoms with Gasteiger partial charge in [0.2, 0.25) is 10.0 Å². The highest BCUT2D eigenvalue weighted by molar-refractivity contribution is 7.89. The van der Waals surface area contributed by atoms with E-state index in [0.29, 0.717) is 17.4 Å². The number of sulfonamides is 1. The molecule has 1 aromatic carbocycles. The predicted molar refractivity (Wildman–Crippen MR) is 86.3 cm³/mol. The Morgan fingerprint density at radius 3 is 2.61 bits per heavy atom. The van der Waals surface area contributed by atoms with Crippen molar-refractivity contribution in [1.82, 2.24) is 4.31 Å². The van der Waals surface area contributed by atoms with E-state index in [4.69, 9.17) is 4.74 Å². The smallest absolute Gasteiger partial charge is 0.307 e. The molecule has 0 N–H and O–H groups in total. The SMILES string of the molecule is COC(=O)C[C@H]1[C@@H]2CCC[C@@H]2CN1S(=O)(=O)c1ccc(C)cc1. The number of hydrogen-bond acceptors (Lipinski definition) is 4. The second-order valence-electron chi connectivity index (χ2n) is 6.59. The first-order chi connectivity index (χ1) is 10.9. The van der Waals surface area contributed by atoms with Gasteiger partial charge in [0.25, 0.3) is 0 Å². The van der Waals surface area contributed by atoms with Crippen molar-refractivity contribution >= 4 is 16.0 Å². The van der Waals surface area contributed by atoms with Crippen molar-refractivity contribution in [3.05, 3.63) is 29.8 Å². The van der Waals surface area contributed by atoms with E-state index in [1.165, 1.54) is 7.11 Å². The van der Waals surface area contributed by atoms with Gasteiger partial charge >= 0.3 is 5.97 Å². The standard InChI is InChI=1S/C17H23NO4S/c1-12-6-8-14(9-7-12)23(20,21)18-11-13-4-3-5-15(13)16(18)10-17(19)22-2/h6-9,13,15-16H,3-5,10-11H2,1-2H3/t13-,15-,16+/m1/s1. The largest absolute Gasteiger partial charge is 0.469 e. The van der Waals surface area contributed by atoms with Crippen LogP contribution >= 0.6 is 0 Å². The minimum atomic E-state index is -3.57. The summed E-state index contributed by atoms with van der Waals surface area (Å²) in [7, 11) is -2.23. The van der Waals surface area contributed by atoms with Gasteiger partial charge in [-0.3, -0.25) is 4.79 Å². The van der Waals surface area contributed by atoms with Gasteiger partial charge in [-0.15, -0.1) is 0 Å². The Labute approximate surface area is 137 Å². The number of esters is 1. The molecule has 1 aliphatic carbocycles. The molecule has 1 heterocycles. The maximum Gasteiger partial charge on any atom is 0.307 e. The van der Waals surface area contributed by atoms with Gasteiger partial charge in [0.05, 0.1) is 18.4 Å². The molecule has 6 heteroatoms. The quantitative estimate of drug-likeness (QED) is 0.791. The third-order valence-electron chi connectivity index (χ3n) is 5.23. The number of hydrogen-bond donors (Lipinski definition) is 0. The summed E-state index contributed by atoms with van der Waals surface area (Å²) < 4.78 is 32.4. The fourth-order valence-electron chi connectivity index (χ4n) is 4.01. The lowest BCUT2D eigenvalue weighted by Gasteiger charge is -2.26. The lowest BCUT2D eigenvalue weighted by atomic mass is 9.92. The monoisotopic (exact) mass is 337 g/mol. The van der Waals surface area contributed by atoms with Crippen LogP contribution in [0.1, 0.15) is 31.2 Å². The number of carbonyl (C=O) groups excluding carboxylic acids is 1. The van der Waals surface area contributed by atoms with E-state index in [0.717, 1.165) is 24.8 Å². The van der Waals surface area contributed by atoms with Crippen molar-refractivity contribution < 1.29 is 17.9 Å². The molecular formula is C17H23NO4S. The van der Waals surface area contributed by atoms with Crippen molar-refractivity contribution in [2.45, 2.75) is 43.5 Å². The Balaban J connectivity index is 1.92. The predicted octanol–water partition coefficient (Wildman–Crippen LogP) is 2.35. The van der Waals surface area contributed by atoms with Crippen molar-refractivity contribution in [2.75, 3.05) is 13.7 Å². The molecule has 2 fully saturated rings. The number of carbonyl (C=O) groups is 1. The second kappa shape index (κ2) is 6.24. The molecule has 0 radical (unpaired) electrons. The van der Waals surface area contributed by atoms with Crippen LogP contribution in [0.3, 0.4) is 0 Å². The summed E-state index contributed by atoms with van der Waals surface area (Å²) >= 11 is 0. The van der Waals surface area contributed by atoms with Gasteiger partial charge in [0, 0.05) is 12.6 Å². The van der Waals surface area contributed by atoms with E-state index < -0.39 is 10.0 Å². The molecule has 0 unspecified atom stereocenters. The molecule has 0 amide bonds. The highest BCUT2D eigenvalue weighted by Crippen LogP contribution is 2.45. The van der Waals surface area contributed by atoms with Crippen LogP contribution in [0, 0.1) is 18.8 Å². The molecule has 0 aromatic heterocycles. The molecule has 3 rings (SSSR count). The number of nitrogens with zero attached hydrogens (tertiary/aromatic N) is 1. The molecule has 23 heavy (non-hydrogen) atoms. The first-order valence-corrected chi connectivity index (χ1v) is 9.53. The highest BCUT2D eigenvalue weighted by Gasteiger charge is 2.49. The highest BCUT2D eigenvalue weighted by atomic mass is 32.2. The zero-order valence-electron chi connectivity index (χ0n) is 13.6. The lowest BCUT2D eigenvalue weighted by molar-refractivity contribution is -0.141. The number of fused-ring (bicyclic) bond motifs is 1. The van der Waals surface area contributed by atoms with Crippen molar-refractivity contribution in [3.8, 4) is 0 Å². The van der Waals surface area contributed by atoms with Crippen LogP contribution in [0.5, 0.6) is 0 Å². The van der Waals surface area contributed by atoms with Gasteiger partial charge in [-0.2, -0.15) is 4.31 Å². The molecule has 126 valence electrons. The van der Waals surface area contributed by atoms with Crippen LogP contribution in [-0.4, -0.2) is 38.4 Å². The summed E-state index contributed by atoms with van der Waals surface area (Å²) in [5.41, 5.74) is 1.02. The number of methoxy groups -OCH3 is 1. The Morgan fingerprint density at radius 1 is 1.26 bits per heavy atom. The minimum Gasteiger partial charge on any atom is -0.469 e. The van der Waals surface area contributed by atoms with Crippen molar-refractivity contribution in [2.24, 2.45) is 11.8 Å². The van der Waals surface area contributed by atoms with Crippen LogP contribution in [-0.2, 0) is 19.6 Å². The Morgan fingerprint density at radius 2 is 1.96 bits per heavy atom. The van der Waals surface area contributed by atoms with E-state index in [1.807, 2.05) is 6.92 Å². The first-order valence-electron chi connectivity index (χ1n) is 8.09. The summed E-state index contributed by atoms with van der Waals surface area (Å²) in [5.74, 6) is 0.297. The maximum absolute atomic E-state index is 13.0. The van der Waals surface area contributed by atoms with Gasteiger partial charge in [0.1, 0.15) is 0 Å². The van der Waals surface area contributed by atoms with Crippen molar-refractivity contribution in [3.63, 3.8) is 0 Å². The Bertz CT molecular complexity index is 683. The van der Waals surface area contributed by atoms with E-state index in [1.54, 1.807) is 28.6 Å². The zero-order chi connectivity index (χ0) is 16.6. The first kappa shape index (κ1) is 16.5. The average molecular weight is 337 g/mol. The van der Waals surface area contributed by atoms with Crippen molar-refractivity contribution in [1.29, 1.82) is 0 Å². The number of ether oxygens (including phenoxy) is 1. The number of benzene rings is 1. The van der Waals surface area contributed by atoms with E-state index in [-0.39, 0.29) is 24.3 Å². The molecule has 1 aliphatic heterocycles. The summed E-state index contributed by atoms with van der Waals surface area (Å²) in [4.78, 5) is 12.1. The van der Waals surface area contributed by atoms with Crippen LogP contribution in [0.25, 0.3) is 0 Å². The normalized spacial score (nSPS) is 27.8.